The number of nitrogens with zero attached hydrogens (tertiary/aromatic N) is 1. The molecule has 0 saturated carbocycles. The second-order valence-electron chi connectivity index (χ2n) is 5.53. The Morgan fingerprint density at radius 3 is 2.54 bits per heavy atom. The van der Waals surface area contributed by atoms with Gasteiger partial charge in [-0.25, -0.2) is 0 Å². The normalized spacial score (nSPS) is 10.4. The summed E-state index contributed by atoms with van der Waals surface area (Å²) in [5, 5.41) is 2.81. The Bertz CT molecular complexity index is 807. The number of thioether (sulfide) groups is 1. The number of para-hydroxylation sites is 1. The summed E-state index contributed by atoms with van der Waals surface area (Å²) in [6.45, 7) is -0.0689. The van der Waals surface area contributed by atoms with Crippen molar-refractivity contribution in [1.82, 2.24) is 4.90 Å². The van der Waals surface area contributed by atoms with E-state index in [9.17, 15) is 14.4 Å². The number of halogens is 1. The summed E-state index contributed by atoms with van der Waals surface area (Å²) in [4.78, 5) is 39.2. The van der Waals surface area contributed by atoms with Crippen LogP contribution in [0.25, 0.3) is 0 Å². The summed E-state index contributed by atoms with van der Waals surface area (Å²) in [7, 11) is 1.55. The number of hydrogen-bond acceptors (Lipinski definition) is 5. The van der Waals surface area contributed by atoms with Crippen LogP contribution in [0.2, 0.25) is 4.34 Å². The zero-order valence-electron chi connectivity index (χ0n) is 14.5. The van der Waals surface area contributed by atoms with Crippen LogP contribution in [0, 0.1) is 0 Å². The van der Waals surface area contributed by atoms with Crippen molar-refractivity contribution >= 4 is 58.0 Å². The highest BCUT2D eigenvalue weighted by atomic mass is 35.5. The summed E-state index contributed by atoms with van der Waals surface area (Å²) in [6, 6.07) is 10.8. The number of likely N-dealkylation sites (N-methyl/N-ethyl adjacent to an activating group) is 1. The molecule has 0 radical (unpaired) electrons. The van der Waals surface area contributed by atoms with Gasteiger partial charge in [0, 0.05) is 24.8 Å². The molecule has 1 heterocycles. The number of ketones is 1. The minimum Gasteiger partial charge on any atom is -0.336 e. The van der Waals surface area contributed by atoms with Gasteiger partial charge in [-0.1, -0.05) is 23.7 Å². The van der Waals surface area contributed by atoms with E-state index in [2.05, 4.69) is 5.32 Å². The molecule has 2 rings (SSSR count). The summed E-state index contributed by atoms with van der Waals surface area (Å²) < 4.78 is 0.541. The number of benzene rings is 1. The number of amides is 2. The molecule has 5 nitrogen and oxygen atoms in total. The quantitative estimate of drug-likeness (QED) is 0.523. The fraction of sp³-hybridized carbons (Fsp3) is 0.278. The Morgan fingerprint density at radius 2 is 1.88 bits per heavy atom. The van der Waals surface area contributed by atoms with Crippen LogP contribution in [0.5, 0.6) is 0 Å². The maximum Gasteiger partial charge on any atom is 0.244 e. The predicted molar refractivity (Wildman–Crippen MR) is 107 cm³/mol. The van der Waals surface area contributed by atoms with Crippen LogP contribution in [0.1, 0.15) is 22.5 Å². The minimum absolute atomic E-state index is 0.0551. The SMILES string of the molecule is CSc1ccccc1NC(=O)CN(C)C(=O)CCC(=O)c1ccc(Cl)s1. The maximum absolute atomic E-state index is 12.2. The molecule has 1 aromatic carbocycles. The van der Waals surface area contributed by atoms with Crippen molar-refractivity contribution in [2.24, 2.45) is 0 Å². The molecule has 0 aliphatic rings. The molecule has 0 fully saturated rings. The molecule has 8 heteroatoms. The van der Waals surface area contributed by atoms with Gasteiger partial charge in [-0.15, -0.1) is 23.1 Å². The average Bonchev–Trinajstić information content (AvgIpc) is 3.06. The van der Waals surface area contributed by atoms with Gasteiger partial charge in [0.25, 0.3) is 0 Å². The Morgan fingerprint density at radius 1 is 1.15 bits per heavy atom. The van der Waals surface area contributed by atoms with Gasteiger partial charge in [0.15, 0.2) is 5.78 Å². The summed E-state index contributed by atoms with van der Waals surface area (Å²) in [5.41, 5.74) is 0.718. The van der Waals surface area contributed by atoms with Crippen molar-refractivity contribution in [3.05, 3.63) is 45.6 Å². The Balaban J connectivity index is 1.82. The van der Waals surface area contributed by atoms with Gasteiger partial charge < -0.3 is 10.2 Å². The Labute approximate surface area is 165 Å². The first-order valence-corrected chi connectivity index (χ1v) is 10.3. The lowest BCUT2D eigenvalue weighted by atomic mass is 10.2. The zero-order valence-corrected chi connectivity index (χ0v) is 16.8. The van der Waals surface area contributed by atoms with Gasteiger partial charge >= 0.3 is 0 Å². The second kappa shape index (κ2) is 9.75. The lowest BCUT2D eigenvalue weighted by molar-refractivity contribution is -0.133. The summed E-state index contributed by atoms with van der Waals surface area (Å²) >= 11 is 8.54. The number of anilines is 1. The molecule has 1 aromatic heterocycles. The molecule has 26 heavy (non-hydrogen) atoms. The topological polar surface area (TPSA) is 66.5 Å². The van der Waals surface area contributed by atoms with Crippen LogP contribution >= 0.6 is 34.7 Å². The van der Waals surface area contributed by atoms with E-state index < -0.39 is 0 Å². The van der Waals surface area contributed by atoms with Gasteiger partial charge in [0.2, 0.25) is 11.8 Å². The molecule has 0 aliphatic heterocycles. The van der Waals surface area contributed by atoms with E-state index in [0.29, 0.717) is 9.21 Å². The predicted octanol–water partition coefficient (Wildman–Crippen LogP) is 4.18. The van der Waals surface area contributed by atoms with Gasteiger partial charge in [-0.3, -0.25) is 14.4 Å². The Kier molecular flexibility index (Phi) is 7.68. The molecule has 2 aromatic rings. The number of rotatable bonds is 8. The zero-order chi connectivity index (χ0) is 19.1. The summed E-state index contributed by atoms with van der Waals surface area (Å²) in [5.74, 6) is -0.657. The monoisotopic (exact) mass is 410 g/mol. The molecule has 0 aliphatic carbocycles. The molecule has 138 valence electrons. The molecule has 2 amide bonds. The highest BCUT2D eigenvalue weighted by molar-refractivity contribution is 7.98. The number of nitrogens with one attached hydrogen (secondary N) is 1. The van der Waals surface area contributed by atoms with E-state index in [0.717, 1.165) is 10.6 Å². The minimum atomic E-state index is -0.279. The van der Waals surface area contributed by atoms with Crippen LogP contribution in [0.15, 0.2) is 41.3 Å². The van der Waals surface area contributed by atoms with E-state index in [-0.39, 0.29) is 37.0 Å². The molecule has 0 spiro atoms. The number of carbonyl (C=O) groups is 3. The van der Waals surface area contributed by atoms with Crippen molar-refractivity contribution in [3.8, 4) is 0 Å². The lowest BCUT2D eigenvalue weighted by Gasteiger charge is -2.17. The van der Waals surface area contributed by atoms with Crippen LogP contribution in [0.3, 0.4) is 0 Å². The van der Waals surface area contributed by atoms with Gasteiger partial charge in [0.1, 0.15) is 0 Å². The van der Waals surface area contributed by atoms with Crippen LogP contribution in [0.4, 0.5) is 5.69 Å². The first kappa shape index (κ1) is 20.5. The molecule has 1 N–H and O–H groups in total. The van der Waals surface area contributed by atoms with Crippen LogP contribution in [-0.4, -0.2) is 42.3 Å². The van der Waals surface area contributed by atoms with Gasteiger partial charge in [-0.2, -0.15) is 0 Å². The summed E-state index contributed by atoms with van der Waals surface area (Å²) in [6.07, 6.45) is 2.08. The third kappa shape index (κ3) is 5.86. The van der Waals surface area contributed by atoms with Gasteiger partial charge in [0.05, 0.1) is 21.4 Å². The van der Waals surface area contributed by atoms with E-state index >= 15 is 0 Å². The number of Topliss-reactive ketones (excluding diaryl/α,β-unsaturated/α-hetero) is 1. The number of carbonyl (C=O) groups excluding carboxylic acids is 3. The second-order valence-corrected chi connectivity index (χ2v) is 8.09. The number of thiophene rings is 1. The van der Waals surface area contributed by atoms with Crippen molar-refractivity contribution < 1.29 is 14.4 Å². The molecule has 0 saturated heterocycles. The van der Waals surface area contributed by atoms with Crippen molar-refractivity contribution in [2.75, 3.05) is 25.2 Å². The number of hydrogen-bond donors (Lipinski definition) is 1. The third-order valence-electron chi connectivity index (χ3n) is 3.60. The fourth-order valence-electron chi connectivity index (χ4n) is 2.24. The van der Waals surface area contributed by atoms with E-state index in [1.54, 1.807) is 19.2 Å². The van der Waals surface area contributed by atoms with Gasteiger partial charge in [-0.05, 0) is 30.5 Å². The highest BCUT2D eigenvalue weighted by Gasteiger charge is 2.16. The molecular formula is C18H19ClN2O3S2. The van der Waals surface area contributed by atoms with Crippen molar-refractivity contribution in [1.29, 1.82) is 0 Å². The molecule has 0 bridgehead atoms. The lowest BCUT2D eigenvalue weighted by Crippen LogP contribution is -2.35. The van der Waals surface area contributed by atoms with Crippen molar-refractivity contribution in [2.45, 2.75) is 17.7 Å². The van der Waals surface area contributed by atoms with E-state index in [4.69, 9.17) is 11.6 Å². The van der Waals surface area contributed by atoms with Crippen LogP contribution in [-0.2, 0) is 9.59 Å². The smallest absolute Gasteiger partial charge is 0.244 e. The molecule has 0 unspecified atom stereocenters. The van der Waals surface area contributed by atoms with E-state index in [1.807, 2.05) is 30.5 Å². The standard InChI is InChI=1S/C18H19ClN2O3S2/c1-21(11-17(23)20-12-5-3-4-6-14(12)25-2)18(24)10-7-13(22)15-8-9-16(19)26-15/h3-6,8-9H,7,10-11H2,1-2H3,(H,20,23). The third-order valence-corrected chi connectivity index (χ3v) is 5.67. The van der Waals surface area contributed by atoms with Crippen LogP contribution < -0.4 is 5.32 Å². The Hall–Kier alpha value is -1.83. The molecular weight excluding hydrogens is 392 g/mol. The highest BCUT2D eigenvalue weighted by Crippen LogP contribution is 2.25. The first-order valence-electron chi connectivity index (χ1n) is 7.86. The molecule has 0 atom stereocenters. The van der Waals surface area contributed by atoms with E-state index in [1.165, 1.54) is 28.0 Å². The fourth-order valence-corrected chi connectivity index (χ4v) is 3.80. The first-order chi connectivity index (χ1) is 12.4. The maximum atomic E-state index is 12.2. The largest absolute Gasteiger partial charge is 0.336 e. The van der Waals surface area contributed by atoms with Crippen molar-refractivity contribution in [3.63, 3.8) is 0 Å². The average molecular weight is 411 g/mol.